The molecule has 7 nitrogen and oxygen atoms in total. The van der Waals surface area contributed by atoms with Gasteiger partial charge in [-0.25, -0.2) is 4.98 Å². The molecule has 1 aliphatic heterocycles. The zero-order chi connectivity index (χ0) is 21.2. The summed E-state index contributed by atoms with van der Waals surface area (Å²) >= 11 is 3.41. The topological polar surface area (TPSA) is 75.4 Å². The van der Waals surface area contributed by atoms with Gasteiger partial charge < -0.3 is 14.3 Å². The molecule has 3 aromatic rings. The Balaban J connectivity index is 1.20. The summed E-state index contributed by atoms with van der Waals surface area (Å²) in [5, 5.41) is 4.15. The zero-order valence-electron chi connectivity index (χ0n) is 17.2. The van der Waals surface area contributed by atoms with E-state index in [0.717, 1.165) is 53.2 Å². The van der Waals surface area contributed by atoms with Gasteiger partial charge in [-0.1, -0.05) is 33.9 Å². The fourth-order valence-corrected chi connectivity index (χ4v) is 4.57. The van der Waals surface area contributed by atoms with Crippen LogP contribution in [0.2, 0.25) is 0 Å². The molecule has 31 heavy (non-hydrogen) atoms. The van der Waals surface area contributed by atoms with Crippen LogP contribution < -0.4 is 4.90 Å². The molecule has 0 bridgehead atoms. The van der Waals surface area contributed by atoms with Gasteiger partial charge >= 0.3 is 0 Å². The minimum Gasteiger partial charge on any atom is -0.353 e. The van der Waals surface area contributed by atoms with Crippen LogP contribution in [-0.4, -0.2) is 52.1 Å². The molecular formula is C23H24BrN5O2. The first-order valence-electron chi connectivity index (χ1n) is 10.8. The van der Waals surface area contributed by atoms with Crippen molar-refractivity contribution in [2.75, 3.05) is 31.1 Å². The van der Waals surface area contributed by atoms with E-state index in [1.54, 1.807) is 6.20 Å². The van der Waals surface area contributed by atoms with Gasteiger partial charge in [0.25, 0.3) is 5.91 Å². The van der Waals surface area contributed by atoms with Crippen molar-refractivity contribution in [1.29, 1.82) is 0 Å². The fourth-order valence-electron chi connectivity index (χ4n) is 4.31. The molecule has 0 N–H and O–H groups in total. The third kappa shape index (κ3) is 4.35. The summed E-state index contributed by atoms with van der Waals surface area (Å²) in [7, 11) is 0. The van der Waals surface area contributed by atoms with E-state index in [-0.39, 0.29) is 5.91 Å². The lowest BCUT2D eigenvalue weighted by molar-refractivity contribution is 0.0746. The number of halogens is 1. The largest absolute Gasteiger partial charge is 0.353 e. The van der Waals surface area contributed by atoms with Crippen molar-refractivity contribution in [3.63, 3.8) is 0 Å². The van der Waals surface area contributed by atoms with Crippen LogP contribution in [0.5, 0.6) is 0 Å². The first-order valence-corrected chi connectivity index (χ1v) is 11.6. The van der Waals surface area contributed by atoms with Gasteiger partial charge in [0.2, 0.25) is 11.7 Å². The second-order valence-corrected chi connectivity index (χ2v) is 9.04. The summed E-state index contributed by atoms with van der Waals surface area (Å²) < 4.78 is 6.46. The Bertz CT molecular complexity index is 1040. The minimum absolute atomic E-state index is 0.0747. The highest BCUT2D eigenvalue weighted by atomic mass is 79.9. The monoisotopic (exact) mass is 481 g/mol. The number of anilines is 1. The number of pyridine rings is 1. The lowest BCUT2D eigenvalue weighted by Gasteiger charge is -2.35. The second kappa shape index (κ2) is 8.78. The summed E-state index contributed by atoms with van der Waals surface area (Å²) in [4.78, 5) is 26.0. The first-order chi connectivity index (χ1) is 15.2. The number of piperazine rings is 1. The van der Waals surface area contributed by atoms with E-state index >= 15 is 0 Å². The van der Waals surface area contributed by atoms with Crippen molar-refractivity contribution >= 4 is 27.7 Å². The summed E-state index contributed by atoms with van der Waals surface area (Å²) in [6.45, 7) is 2.85. The number of aromatic nitrogens is 3. The summed E-state index contributed by atoms with van der Waals surface area (Å²) in [5.41, 5.74) is 1.58. The molecule has 1 aromatic carbocycles. The molecule has 2 aliphatic rings. The fraction of sp³-hybridized carbons (Fsp3) is 0.391. The summed E-state index contributed by atoms with van der Waals surface area (Å²) in [6.07, 6.45) is 6.55. The molecule has 0 atom stereocenters. The predicted octanol–water partition coefficient (Wildman–Crippen LogP) is 4.51. The van der Waals surface area contributed by atoms with Gasteiger partial charge in [-0.3, -0.25) is 4.79 Å². The Kier molecular flexibility index (Phi) is 5.72. The van der Waals surface area contributed by atoms with Gasteiger partial charge in [-0.2, -0.15) is 4.98 Å². The van der Waals surface area contributed by atoms with E-state index in [2.05, 4.69) is 36.0 Å². The highest BCUT2D eigenvalue weighted by Gasteiger charge is 2.25. The minimum atomic E-state index is 0.0747. The van der Waals surface area contributed by atoms with E-state index in [4.69, 9.17) is 4.52 Å². The van der Waals surface area contributed by atoms with Crippen molar-refractivity contribution in [1.82, 2.24) is 20.0 Å². The van der Waals surface area contributed by atoms with Gasteiger partial charge in [0.15, 0.2) is 0 Å². The number of nitrogens with zero attached hydrogens (tertiary/aromatic N) is 5. The van der Waals surface area contributed by atoms with Crippen molar-refractivity contribution in [2.24, 2.45) is 0 Å². The molecular weight excluding hydrogens is 458 g/mol. The lowest BCUT2D eigenvalue weighted by Crippen LogP contribution is -2.49. The Morgan fingerprint density at radius 1 is 1.00 bits per heavy atom. The average Bonchev–Trinajstić information content (AvgIpc) is 3.52. The Labute approximate surface area is 189 Å². The van der Waals surface area contributed by atoms with Gasteiger partial charge in [0.1, 0.15) is 5.82 Å². The molecule has 160 valence electrons. The molecule has 1 saturated carbocycles. The highest BCUT2D eigenvalue weighted by molar-refractivity contribution is 9.10. The van der Waals surface area contributed by atoms with Crippen LogP contribution in [0.1, 0.15) is 47.8 Å². The SMILES string of the molecule is O=C(c1ccc(Br)cc1)N1CCN(c2ccc(-c3noc(C4CCCC4)n3)cn2)CC1. The number of carbonyl (C=O) groups excluding carboxylic acids is 1. The maximum absolute atomic E-state index is 12.7. The number of carbonyl (C=O) groups is 1. The number of rotatable bonds is 4. The van der Waals surface area contributed by atoms with E-state index in [9.17, 15) is 4.79 Å². The molecule has 1 saturated heterocycles. The molecule has 8 heteroatoms. The first kappa shape index (κ1) is 20.2. The molecule has 1 amide bonds. The van der Waals surface area contributed by atoms with Crippen LogP contribution in [0, 0.1) is 0 Å². The van der Waals surface area contributed by atoms with E-state index in [0.29, 0.717) is 24.8 Å². The third-order valence-corrected chi connectivity index (χ3v) is 6.66. The standard InChI is InChI=1S/C23H24BrN5O2/c24-19-8-5-17(6-9-19)23(30)29-13-11-28(12-14-29)20-10-7-18(15-25-20)21-26-22(31-27-21)16-3-1-2-4-16/h5-10,15-16H,1-4,11-14H2. The number of benzene rings is 1. The molecule has 0 radical (unpaired) electrons. The molecule has 3 heterocycles. The van der Waals surface area contributed by atoms with Crippen LogP contribution in [0.4, 0.5) is 5.82 Å². The van der Waals surface area contributed by atoms with Crippen LogP contribution in [-0.2, 0) is 0 Å². The molecule has 0 spiro atoms. The zero-order valence-corrected chi connectivity index (χ0v) is 18.8. The quantitative estimate of drug-likeness (QED) is 0.545. The lowest BCUT2D eigenvalue weighted by atomic mass is 10.1. The molecule has 1 aliphatic carbocycles. The average molecular weight is 482 g/mol. The van der Waals surface area contributed by atoms with Gasteiger partial charge in [-0.05, 0) is 49.2 Å². The molecule has 2 aromatic heterocycles. The smallest absolute Gasteiger partial charge is 0.253 e. The molecule has 0 unspecified atom stereocenters. The van der Waals surface area contributed by atoms with Crippen molar-refractivity contribution in [2.45, 2.75) is 31.6 Å². The van der Waals surface area contributed by atoms with Crippen LogP contribution >= 0.6 is 15.9 Å². The Morgan fingerprint density at radius 3 is 2.42 bits per heavy atom. The van der Waals surface area contributed by atoms with Gasteiger partial charge in [0, 0.05) is 53.9 Å². The predicted molar refractivity (Wildman–Crippen MR) is 121 cm³/mol. The van der Waals surface area contributed by atoms with Crippen molar-refractivity contribution in [3.8, 4) is 11.4 Å². The molecule has 5 rings (SSSR count). The van der Waals surface area contributed by atoms with E-state index in [1.165, 1.54) is 12.8 Å². The summed E-state index contributed by atoms with van der Waals surface area (Å²) in [6, 6.07) is 11.5. The van der Waals surface area contributed by atoms with Crippen LogP contribution in [0.15, 0.2) is 51.6 Å². The van der Waals surface area contributed by atoms with Crippen LogP contribution in [0.25, 0.3) is 11.4 Å². The van der Waals surface area contributed by atoms with E-state index < -0.39 is 0 Å². The molecule has 2 fully saturated rings. The maximum atomic E-state index is 12.7. The van der Waals surface area contributed by atoms with Crippen LogP contribution in [0.3, 0.4) is 0 Å². The van der Waals surface area contributed by atoms with Crippen molar-refractivity contribution < 1.29 is 9.32 Å². The second-order valence-electron chi connectivity index (χ2n) is 8.13. The maximum Gasteiger partial charge on any atom is 0.253 e. The van der Waals surface area contributed by atoms with Crippen molar-refractivity contribution in [3.05, 3.63) is 58.5 Å². The number of hydrogen-bond donors (Lipinski definition) is 0. The van der Waals surface area contributed by atoms with Gasteiger partial charge in [0.05, 0.1) is 0 Å². The normalized spacial score (nSPS) is 17.3. The Hall–Kier alpha value is -2.74. The third-order valence-electron chi connectivity index (χ3n) is 6.13. The van der Waals surface area contributed by atoms with Gasteiger partial charge in [-0.15, -0.1) is 0 Å². The number of hydrogen-bond acceptors (Lipinski definition) is 6. The highest BCUT2D eigenvalue weighted by Crippen LogP contribution is 2.34. The Morgan fingerprint density at radius 2 is 1.74 bits per heavy atom. The van der Waals surface area contributed by atoms with E-state index in [1.807, 2.05) is 41.3 Å². The number of amides is 1. The summed E-state index contributed by atoms with van der Waals surface area (Å²) in [5.74, 6) is 2.74.